The Morgan fingerprint density at radius 1 is 0.680 bits per heavy atom. The summed E-state index contributed by atoms with van der Waals surface area (Å²) >= 11 is 0. The van der Waals surface area contributed by atoms with Crippen molar-refractivity contribution in [2.24, 2.45) is 0 Å². The van der Waals surface area contributed by atoms with Crippen molar-refractivity contribution in [2.45, 2.75) is 66.2 Å². The first-order valence-electron chi connectivity index (χ1n) is 7.72. The first-order valence-corrected chi connectivity index (χ1v) is 7.72. The predicted molar refractivity (Wildman–Crippen MR) is 89.9 cm³/mol. The van der Waals surface area contributed by atoms with Crippen molar-refractivity contribution in [1.29, 1.82) is 0 Å². The molecule has 8 nitrogen and oxygen atoms in total. The number of aliphatic carboxylic acids is 2. The van der Waals surface area contributed by atoms with Crippen LogP contribution in [0.4, 0.5) is 0 Å². The Morgan fingerprint density at radius 2 is 0.920 bits per heavy atom. The molecule has 4 N–H and O–H groups in total. The summed E-state index contributed by atoms with van der Waals surface area (Å²) in [6, 6.07) is 0. The number of rotatable bonds is 8. The summed E-state index contributed by atoms with van der Waals surface area (Å²) < 4.78 is 0. The number of aliphatic hydroxyl groups excluding tert-OH is 2. The second-order valence-corrected chi connectivity index (χ2v) is 4.70. The zero-order valence-electron chi connectivity index (χ0n) is 15.6. The fourth-order valence-electron chi connectivity index (χ4n) is 0.742. The van der Waals surface area contributed by atoms with Crippen LogP contribution in [0, 0.1) is 0 Å². The molecule has 0 aliphatic carbocycles. The molecule has 0 saturated carbocycles. The molecule has 0 heterocycles. The molecule has 0 rings (SSSR count). The SMILES string of the molecule is CC(=O)CC(=O)O.CC(=O)CC(=O)O.CCCCO.CCCCO.[Ti]. The van der Waals surface area contributed by atoms with Gasteiger partial charge in [0, 0.05) is 34.9 Å². The van der Waals surface area contributed by atoms with E-state index in [2.05, 4.69) is 13.8 Å². The van der Waals surface area contributed by atoms with Crippen molar-refractivity contribution in [1.82, 2.24) is 0 Å². The third-order valence-electron chi connectivity index (χ3n) is 1.82. The van der Waals surface area contributed by atoms with Crippen LogP contribution in [0.15, 0.2) is 0 Å². The zero-order chi connectivity index (χ0) is 20.0. The van der Waals surface area contributed by atoms with Crippen molar-refractivity contribution >= 4 is 23.5 Å². The molecule has 0 saturated heterocycles. The van der Waals surface area contributed by atoms with E-state index in [-0.39, 0.29) is 46.1 Å². The molecule has 0 aliphatic rings. The van der Waals surface area contributed by atoms with Gasteiger partial charge in [-0.25, -0.2) is 0 Å². The maximum atomic E-state index is 9.87. The maximum absolute atomic E-state index is 9.87. The second kappa shape index (κ2) is 30.8. The van der Waals surface area contributed by atoms with E-state index < -0.39 is 11.9 Å². The summed E-state index contributed by atoms with van der Waals surface area (Å²) in [6.07, 6.45) is 3.35. The van der Waals surface area contributed by atoms with Gasteiger partial charge in [0.05, 0.1) is 0 Å². The van der Waals surface area contributed by atoms with Gasteiger partial charge < -0.3 is 20.4 Å². The molecule has 0 aromatic carbocycles. The summed E-state index contributed by atoms with van der Waals surface area (Å²) in [5.74, 6) is -2.75. The van der Waals surface area contributed by atoms with Crippen molar-refractivity contribution in [3.8, 4) is 0 Å². The molecule has 148 valence electrons. The van der Waals surface area contributed by atoms with Gasteiger partial charge in [-0.2, -0.15) is 0 Å². The van der Waals surface area contributed by atoms with E-state index in [1.807, 2.05) is 0 Å². The summed E-state index contributed by atoms with van der Waals surface area (Å²) in [7, 11) is 0. The van der Waals surface area contributed by atoms with Gasteiger partial charge in [-0.3, -0.25) is 19.2 Å². The molecular formula is C16H32O8Ti. The maximum Gasteiger partial charge on any atom is 0.310 e. The molecule has 0 aromatic rings. The topological polar surface area (TPSA) is 149 Å². The number of carbonyl (C=O) groups is 4. The summed E-state index contributed by atoms with van der Waals surface area (Å²) in [6.45, 7) is 7.28. The van der Waals surface area contributed by atoms with Crippen molar-refractivity contribution in [2.75, 3.05) is 13.2 Å². The molecule has 0 aromatic heterocycles. The first-order chi connectivity index (χ1) is 11.1. The van der Waals surface area contributed by atoms with Crippen molar-refractivity contribution < 1.29 is 61.3 Å². The summed E-state index contributed by atoms with van der Waals surface area (Å²) in [4.78, 5) is 38.9. The van der Waals surface area contributed by atoms with Gasteiger partial charge >= 0.3 is 11.9 Å². The van der Waals surface area contributed by atoms with Crippen LogP contribution in [0.1, 0.15) is 66.2 Å². The van der Waals surface area contributed by atoms with E-state index in [1.54, 1.807) is 0 Å². The average molecular weight is 400 g/mol. The Kier molecular flexibility index (Phi) is 43.2. The number of hydrogen-bond donors (Lipinski definition) is 4. The van der Waals surface area contributed by atoms with Gasteiger partial charge in [0.1, 0.15) is 24.4 Å². The standard InChI is InChI=1S/2C4H6O3.2C4H10O.Ti/c2*1-3(5)2-4(6)7;2*1-2-3-4-5;/h2*2H2,1H3,(H,6,7);2*5H,2-4H2,1H3;. The van der Waals surface area contributed by atoms with Crippen molar-refractivity contribution in [3.63, 3.8) is 0 Å². The van der Waals surface area contributed by atoms with E-state index in [4.69, 9.17) is 20.4 Å². The van der Waals surface area contributed by atoms with E-state index >= 15 is 0 Å². The molecule has 0 spiro atoms. The zero-order valence-corrected chi connectivity index (χ0v) is 17.1. The number of Topliss-reactive ketones (excluding diaryl/α,β-unsaturated/α-hetero) is 2. The van der Waals surface area contributed by atoms with Gasteiger partial charge in [0.15, 0.2) is 0 Å². The summed E-state index contributed by atoms with van der Waals surface area (Å²) in [5.41, 5.74) is 0. The minimum Gasteiger partial charge on any atom is -0.481 e. The Labute approximate surface area is 164 Å². The number of ketones is 2. The number of carbonyl (C=O) groups excluding carboxylic acids is 2. The van der Waals surface area contributed by atoms with Gasteiger partial charge in [-0.1, -0.05) is 26.7 Å². The number of aliphatic hydroxyl groups is 2. The molecule has 0 fully saturated rings. The first kappa shape index (κ1) is 35.1. The molecule has 9 heteroatoms. The van der Waals surface area contributed by atoms with Crippen LogP contribution in [-0.4, -0.2) is 57.1 Å². The minimum absolute atomic E-state index is 0. The molecule has 0 atom stereocenters. The molecule has 0 amide bonds. The van der Waals surface area contributed by atoms with E-state index in [9.17, 15) is 19.2 Å². The van der Waals surface area contributed by atoms with Crippen LogP contribution in [0.25, 0.3) is 0 Å². The quantitative estimate of drug-likeness (QED) is 0.355. The Hall–Kier alpha value is -1.09. The molecular weight excluding hydrogens is 368 g/mol. The second-order valence-electron chi connectivity index (χ2n) is 4.70. The predicted octanol–water partition coefficient (Wildman–Crippen LogP) is 1.66. The largest absolute Gasteiger partial charge is 0.481 e. The monoisotopic (exact) mass is 400 g/mol. The molecule has 0 unspecified atom stereocenters. The van der Waals surface area contributed by atoms with Crippen LogP contribution >= 0.6 is 0 Å². The van der Waals surface area contributed by atoms with Crippen LogP contribution < -0.4 is 0 Å². The van der Waals surface area contributed by atoms with Crippen LogP contribution in [0.5, 0.6) is 0 Å². The fourth-order valence-corrected chi connectivity index (χ4v) is 0.742. The van der Waals surface area contributed by atoms with E-state index in [1.165, 1.54) is 13.8 Å². The number of hydrogen-bond acceptors (Lipinski definition) is 6. The fraction of sp³-hybridized carbons (Fsp3) is 0.750. The number of unbranched alkanes of at least 4 members (excludes halogenated alkanes) is 2. The Balaban J connectivity index is -0.0000000711. The van der Waals surface area contributed by atoms with Crippen molar-refractivity contribution in [3.05, 3.63) is 0 Å². The molecule has 0 bridgehead atoms. The van der Waals surface area contributed by atoms with Crippen LogP contribution in [-0.2, 0) is 40.9 Å². The normalized spacial score (nSPS) is 7.92. The van der Waals surface area contributed by atoms with Crippen LogP contribution in [0.2, 0.25) is 0 Å². The van der Waals surface area contributed by atoms with Gasteiger partial charge in [-0.15, -0.1) is 0 Å². The number of carboxylic acids is 2. The third-order valence-corrected chi connectivity index (χ3v) is 1.82. The number of carboxylic acid groups (broad SMARTS) is 2. The van der Waals surface area contributed by atoms with Gasteiger partial charge in [-0.05, 0) is 26.7 Å². The molecule has 25 heavy (non-hydrogen) atoms. The third kappa shape index (κ3) is 84.1. The van der Waals surface area contributed by atoms with Crippen LogP contribution in [0.3, 0.4) is 0 Å². The van der Waals surface area contributed by atoms with E-state index in [0.29, 0.717) is 13.2 Å². The smallest absolute Gasteiger partial charge is 0.310 e. The van der Waals surface area contributed by atoms with E-state index in [0.717, 1.165) is 25.7 Å². The average Bonchev–Trinajstić information content (AvgIpc) is 2.39. The minimum atomic E-state index is -1.06. The molecule has 0 radical (unpaired) electrons. The molecule has 0 aliphatic heterocycles. The Morgan fingerprint density at radius 3 is 0.920 bits per heavy atom. The summed E-state index contributed by atoms with van der Waals surface area (Å²) in [5, 5.41) is 31.9. The van der Waals surface area contributed by atoms with Gasteiger partial charge in [0.2, 0.25) is 0 Å². The Bertz CT molecular complexity index is 272. The van der Waals surface area contributed by atoms with Gasteiger partial charge in [0.25, 0.3) is 0 Å².